The molecule has 18 heavy (non-hydrogen) atoms. The number of anilines is 1. The molecule has 0 saturated heterocycles. The lowest BCUT2D eigenvalue weighted by Gasteiger charge is -2.26. The van der Waals surface area contributed by atoms with Gasteiger partial charge in [0.25, 0.3) is 0 Å². The van der Waals surface area contributed by atoms with E-state index in [2.05, 4.69) is 0 Å². The largest absolute Gasteiger partial charge is 0.405 e. The van der Waals surface area contributed by atoms with Crippen molar-refractivity contribution < 1.29 is 18.0 Å². The van der Waals surface area contributed by atoms with Crippen molar-refractivity contribution in [1.29, 1.82) is 0 Å². The van der Waals surface area contributed by atoms with Crippen LogP contribution in [0.15, 0.2) is 18.2 Å². The highest BCUT2D eigenvalue weighted by molar-refractivity contribution is 5.78. The first-order valence-electron chi connectivity index (χ1n) is 5.80. The summed E-state index contributed by atoms with van der Waals surface area (Å²) >= 11 is 0. The Morgan fingerprint density at radius 1 is 1.39 bits per heavy atom. The van der Waals surface area contributed by atoms with Crippen LogP contribution >= 0.6 is 0 Å². The molecule has 0 aliphatic heterocycles. The summed E-state index contributed by atoms with van der Waals surface area (Å²) in [5.74, 6) is 0. The van der Waals surface area contributed by atoms with Crippen molar-refractivity contribution in [3.63, 3.8) is 0 Å². The Labute approximate surface area is 103 Å². The lowest BCUT2D eigenvalue weighted by Crippen LogP contribution is -2.36. The first-order chi connectivity index (χ1) is 8.40. The predicted molar refractivity (Wildman–Crippen MR) is 63.0 cm³/mol. The smallest absolute Gasteiger partial charge is 0.360 e. The molecule has 0 N–H and O–H groups in total. The maximum Gasteiger partial charge on any atom is 0.405 e. The Morgan fingerprint density at radius 2 is 2.06 bits per heavy atom. The third kappa shape index (κ3) is 3.03. The van der Waals surface area contributed by atoms with Crippen LogP contribution in [0, 0.1) is 6.92 Å². The number of rotatable bonds is 4. The van der Waals surface area contributed by atoms with E-state index in [1.54, 1.807) is 25.1 Å². The summed E-state index contributed by atoms with van der Waals surface area (Å²) in [4.78, 5) is 12.1. The standard InChI is InChI=1S/C13H14F3NO/c1-9-6-12(3-2-10(9)7-18)17(11-4-5-11)8-13(14,15)16/h2-3,6-7,11H,4-5,8H2,1H3. The Hall–Kier alpha value is -1.52. The molecule has 2 nitrogen and oxygen atoms in total. The van der Waals surface area contributed by atoms with E-state index in [0.717, 1.165) is 12.8 Å². The van der Waals surface area contributed by atoms with E-state index in [-0.39, 0.29) is 6.04 Å². The number of halogens is 3. The molecule has 0 atom stereocenters. The molecule has 0 unspecified atom stereocenters. The summed E-state index contributed by atoms with van der Waals surface area (Å²) in [5, 5.41) is 0. The van der Waals surface area contributed by atoms with Crippen LogP contribution in [0.3, 0.4) is 0 Å². The minimum absolute atomic E-state index is 0.0203. The maximum absolute atomic E-state index is 12.5. The summed E-state index contributed by atoms with van der Waals surface area (Å²) in [6.45, 7) is 0.795. The molecule has 0 heterocycles. The summed E-state index contributed by atoms with van der Waals surface area (Å²) in [7, 11) is 0. The van der Waals surface area contributed by atoms with Gasteiger partial charge in [-0.25, -0.2) is 0 Å². The number of aldehydes is 1. The van der Waals surface area contributed by atoms with Crippen molar-refractivity contribution in [2.45, 2.75) is 32.0 Å². The number of hydrogen-bond donors (Lipinski definition) is 0. The first kappa shape index (κ1) is 12.9. The molecule has 1 aromatic carbocycles. The van der Waals surface area contributed by atoms with E-state index in [4.69, 9.17) is 0 Å². The maximum atomic E-state index is 12.5. The highest BCUT2D eigenvalue weighted by atomic mass is 19.4. The highest BCUT2D eigenvalue weighted by Crippen LogP contribution is 2.34. The fourth-order valence-corrected chi connectivity index (χ4v) is 1.98. The van der Waals surface area contributed by atoms with E-state index in [1.807, 2.05) is 0 Å². The van der Waals surface area contributed by atoms with Crippen LogP contribution in [0.5, 0.6) is 0 Å². The number of aryl methyl sites for hydroxylation is 1. The number of carbonyl (C=O) groups is 1. The molecule has 1 aliphatic rings. The Morgan fingerprint density at radius 3 is 2.50 bits per heavy atom. The number of benzene rings is 1. The topological polar surface area (TPSA) is 20.3 Å². The molecular formula is C13H14F3NO. The van der Waals surface area contributed by atoms with Crippen LogP contribution in [0.2, 0.25) is 0 Å². The molecular weight excluding hydrogens is 243 g/mol. The van der Waals surface area contributed by atoms with Gasteiger partial charge in [-0.15, -0.1) is 0 Å². The summed E-state index contributed by atoms with van der Waals surface area (Å²) in [5.41, 5.74) is 1.76. The molecule has 1 fully saturated rings. The minimum atomic E-state index is -4.21. The second-order valence-corrected chi connectivity index (χ2v) is 4.63. The van der Waals surface area contributed by atoms with Gasteiger partial charge < -0.3 is 4.90 Å². The monoisotopic (exact) mass is 257 g/mol. The van der Waals surface area contributed by atoms with Crippen molar-refractivity contribution in [1.82, 2.24) is 0 Å². The van der Waals surface area contributed by atoms with Gasteiger partial charge in [0.15, 0.2) is 0 Å². The van der Waals surface area contributed by atoms with Gasteiger partial charge in [0.1, 0.15) is 12.8 Å². The van der Waals surface area contributed by atoms with Crippen molar-refractivity contribution in [2.75, 3.05) is 11.4 Å². The minimum Gasteiger partial charge on any atom is -0.360 e. The Kier molecular flexibility index (Phi) is 3.32. The second-order valence-electron chi connectivity index (χ2n) is 4.63. The summed E-state index contributed by atoms with van der Waals surface area (Å²) in [6, 6.07) is 4.78. The van der Waals surface area contributed by atoms with E-state index in [9.17, 15) is 18.0 Å². The zero-order valence-electron chi connectivity index (χ0n) is 10.00. The third-order valence-electron chi connectivity index (χ3n) is 3.05. The van der Waals surface area contributed by atoms with E-state index in [0.29, 0.717) is 23.1 Å². The van der Waals surface area contributed by atoms with Crippen molar-refractivity contribution in [3.8, 4) is 0 Å². The number of carbonyl (C=O) groups excluding carboxylic acids is 1. The van der Waals surface area contributed by atoms with Gasteiger partial charge in [0, 0.05) is 17.3 Å². The van der Waals surface area contributed by atoms with Gasteiger partial charge in [-0.2, -0.15) is 13.2 Å². The van der Waals surface area contributed by atoms with Gasteiger partial charge in [0.05, 0.1) is 0 Å². The molecule has 1 aliphatic carbocycles. The van der Waals surface area contributed by atoms with Crippen molar-refractivity contribution >= 4 is 12.0 Å². The second kappa shape index (κ2) is 4.63. The fraction of sp³-hybridized carbons (Fsp3) is 0.462. The lowest BCUT2D eigenvalue weighted by atomic mass is 10.1. The molecule has 0 amide bonds. The Balaban J connectivity index is 2.25. The zero-order chi connectivity index (χ0) is 13.3. The first-order valence-corrected chi connectivity index (χ1v) is 5.80. The summed E-state index contributed by atoms with van der Waals surface area (Å²) < 4.78 is 37.6. The fourth-order valence-electron chi connectivity index (χ4n) is 1.98. The average Bonchev–Trinajstić information content (AvgIpc) is 3.08. The van der Waals surface area contributed by atoms with Gasteiger partial charge >= 0.3 is 6.18 Å². The Bertz CT molecular complexity index is 452. The molecule has 0 aromatic heterocycles. The van der Waals surface area contributed by atoms with Crippen LogP contribution in [0.4, 0.5) is 18.9 Å². The number of hydrogen-bond acceptors (Lipinski definition) is 2. The van der Waals surface area contributed by atoms with Crippen LogP contribution in [0.1, 0.15) is 28.8 Å². The zero-order valence-corrected chi connectivity index (χ0v) is 10.00. The molecule has 5 heteroatoms. The molecule has 1 aromatic rings. The SMILES string of the molecule is Cc1cc(N(CC(F)(F)F)C2CC2)ccc1C=O. The van der Waals surface area contributed by atoms with E-state index < -0.39 is 12.7 Å². The van der Waals surface area contributed by atoms with Gasteiger partial charge in [0.2, 0.25) is 0 Å². The van der Waals surface area contributed by atoms with Crippen molar-refractivity contribution in [2.24, 2.45) is 0 Å². The number of alkyl halides is 3. The van der Waals surface area contributed by atoms with Crippen molar-refractivity contribution in [3.05, 3.63) is 29.3 Å². The van der Waals surface area contributed by atoms with Crippen LogP contribution in [-0.4, -0.2) is 25.0 Å². The summed E-state index contributed by atoms with van der Waals surface area (Å²) in [6.07, 6.45) is -1.90. The highest BCUT2D eigenvalue weighted by Gasteiger charge is 2.38. The van der Waals surface area contributed by atoms with Gasteiger partial charge in [-0.3, -0.25) is 4.79 Å². The molecule has 98 valence electrons. The van der Waals surface area contributed by atoms with Crippen LogP contribution in [0.25, 0.3) is 0 Å². The van der Waals surface area contributed by atoms with Gasteiger partial charge in [-0.1, -0.05) is 0 Å². The normalized spacial score (nSPS) is 15.6. The van der Waals surface area contributed by atoms with Gasteiger partial charge in [-0.05, 0) is 43.5 Å². The van der Waals surface area contributed by atoms with E-state index >= 15 is 0 Å². The molecule has 1 saturated carbocycles. The van der Waals surface area contributed by atoms with Crippen LogP contribution in [-0.2, 0) is 0 Å². The quantitative estimate of drug-likeness (QED) is 0.771. The van der Waals surface area contributed by atoms with E-state index in [1.165, 1.54) is 4.90 Å². The molecule has 2 rings (SSSR count). The predicted octanol–water partition coefficient (Wildman–Crippen LogP) is 3.34. The third-order valence-corrected chi connectivity index (χ3v) is 3.05. The average molecular weight is 257 g/mol. The lowest BCUT2D eigenvalue weighted by molar-refractivity contribution is -0.120. The molecule has 0 radical (unpaired) electrons. The number of nitrogens with zero attached hydrogens (tertiary/aromatic N) is 1. The van der Waals surface area contributed by atoms with Crippen LogP contribution < -0.4 is 4.90 Å². The molecule has 0 spiro atoms. The molecule has 0 bridgehead atoms.